The predicted octanol–water partition coefficient (Wildman–Crippen LogP) is 2.28. The molecule has 2 saturated heterocycles. The molecule has 220 valence electrons. The molecule has 0 N–H and O–H groups in total. The first-order valence-electron chi connectivity index (χ1n) is 14.1. The summed E-state index contributed by atoms with van der Waals surface area (Å²) in [6, 6.07) is 3.18. The highest BCUT2D eigenvalue weighted by Gasteiger charge is 2.36. The van der Waals surface area contributed by atoms with Gasteiger partial charge in [0.15, 0.2) is 0 Å². The quantitative estimate of drug-likeness (QED) is 0.443. The second-order valence-electron chi connectivity index (χ2n) is 10.9. The minimum absolute atomic E-state index is 0.0929. The lowest BCUT2D eigenvalue weighted by atomic mass is 10.1. The number of nitrogens with zero attached hydrogens (tertiary/aromatic N) is 4. The number of hydrogen-bond acceptors (Lipinski definition) is 9. The van der Waals surface area contributed by atoms with Gasteiger partial charge in [-0.05, 0) is 49.9 Å². The Bertz CT molecular complexity index is 1280. The highest BCUT2D eigenvalue weighted by Crippen LogP contribution is 2.32. The average Bonchev–Trinajstić information content (AvgIpc) is 3.35. The number of ether oxygens (including phenoxy) is 3. The van der Waals surface area contributed by atoms with Crippen LogP contribution < -0.4 is 4.74 Å². The lowest BCUT2D eigenvalue weighted by Gasteiger charge is -2.35. The molecule has 3 aliphatic rings. The molecule has 1 aromatic carbocycles. The first-order valence-corrected chi connectivity index (χ1v) is 15.5. The maximum atomic E-state index is 13.8. The van der Waals surface area contributed by atoms with E-state index in [1.54, 1.807) is 42.3 Å². The molecule has 40 heavy (non-hydrogen) atoms. The van der Waals surface area contributed by atoms with E-state index in [9.17, 15) is 13.2 Å². The van der Waals surface area contributed by atoms with E-state index >= 15 is 0 Å². The summed E-state index contributed by atoms with van der Waals surface area (Å²) in [5, 5.41) is 4.29. The third-order valence-electron chi connectivity index (χ3n) is 8.08. The van der Waals surface area contributed by atoms with Crippen molar-refractivity contribution in [2.24, 2.45) is 0 Å². The zero-order chi connectivity index (χ0) is 28.3. The van der Waals surface area contributed by atoms with E-state index in [0.29, 0.717) is 74.0 Å². The molecule has 1 unspecified atom stereocenters. The fourth-order valence-corrected chi connectivity index (χ4v) is 8.05. The molecule has 1 atom stereocenters. The summed E-state index contributed by atoms with van der Waals surface area (Å²) in [6.45, 7) is 8.89. The van der Waals surface area contributed by atoms with Crippen LogP contribution in [0.3, 0.4) is 0 Å². The van der Waals surface area contributed by atoms with Crippen molar-refractivity contribution in [3.05, 3.63) is 40.3 Å². The lowest BCUT2D eigenvalue weighted by molar-refractivity contribution is -0.137. The monoisotopic (exact) mass is 576 g/mol. The normalized spacial score (nSPS) is 20.9. The van der Waals surface area contributed by atoms with Crippen LogP contribution in [0.2, 0.25) is 0 Å². The Balaban J connectivity index is 1.19. The predicted molar refractivity (Wildman–Crippen MR) is 147 cm³/mol. The van der Waals surface area contributed by atoms with Crippen molar-refractivity contribution in [3.63, 3.8) is 0 Å². The van der Waals surface area contributed by atoms with Crippen LogP contribution in [0.5, 0.6) is 5.75 Å². The highest BCUT2D eigenvalue weighted by atomic mass is 32.2. The van der Waals surface area contributed by atoms with E-state index in [1.165, 1.54) is 0 Å². The molecule has 11 nitrogen and oxygen atoms in total. The van der Waals surface area contributed by atoms with Crippen molar-refractivity contribution >= 4 is 15.9 Å². The first kappa shape index (κ1) is 29.0. The van der Waals surface area contributed by atoms with E-state index in [0.717, 1.165) is 42.9 Å². The van der Waals surface area contributed by atoms with Crippen molar-refractivity contribution in [1.82, 2.24) is 19.3 Å². The third-order valence-corrected chi connectivity index (χ3v) is 10.3. The van der Waals surface area contributed by atoms with Crippen LogP contribution in [0.4, 0.5) is 0 Å². The van der Waals surface area contributed by atoms with Crippen LogP contribution in [-0.2, 0) is 43.8 Å². The fraction of sp³-hybridized carbons (Fsp3) is 0.643. The maximum Gasteiger partial charge on any atom is 0.248 e. The summed E-state index contributed by atoms with van der Waals surface area (Å²) >= 11 is 0. The molecular weight excluding hydrogens is 536 g/mol. The number of carbonyl (C=O) groups is 1. The summed E-state index contributed by atoms with van der Waals surface area (Å²) < 4.78 is 51.3. The van der Waals surface area contributed by atoms with Gasteiger partial charge in [0.2, 0.25) is 15.9 Å². The van der Waals surface area contributed by atoms with Crippen LogP contribution in [0.15, 0.2) is 21.6 Å². The van der Waals surface area contributed by atoms with Gasteiger partial charge in [-0.15, -0.1) is 0 Å². The van der Waals surface area contributed by atoms with Gasteiger partial charge in [0.05, 0.1) is 38.4 Å². The number of sulfonamides is 1. The smallest absolute Gasteiger partial charge is 0.248 e. The number of rotatable bonds is 9. The summed E-state index contributed by atoms with van der Waals surface area (Å²) in [4.78, 5) is 17.5. The molecule has 2 fully saturated rings. The molecule has 3 aliphatic heterocycles. The number of benzene rings is 1. The maximum absolute atomic E-state index is 13.8. The van der Waals surface area contributed by atoms with Crippen molar-refractivity contribution in [2.75, 3.05) is 59.7 Å². The van der Waals surface area contributed by atoms with E-state index < -0.39 is 10.0 Å². The number of carbonyl (C=O) groups excluding carboxylic acids is 1. The van der Waals surface area contributed by atoms with Crippen LogP contribution in [-0.4, -0.2) is 99.3 Å². The third kappa shape index (κ3) is 6.20. The molecule has 1 amide bonds. The minimum Gasteiger partial charge on any atom is -0.497 e. The van der Waals surface area contributed by atoms with E-state index in [-0.39, 0.29) is 25.2 Å². The van der Waals surface area contributed by atoms with Gasteiger partial charge in [0, 0.05) is 50.7 Å². The first-order chi connectivity index (χ1) is 19.3. The Hall–Kier alpha value is -2.51. The fourth-order valence-electron chi connectivity index (χ4n) is 5.96. The largest absolute Gasteiger partial charge is 0.497 e. The van der Waals surface area contributed by atoms with Gasteiger partial charge in [0.1, 0.15) is 23.8 Å². The van der Waals surface area contributed by atoms with E-state index in [4.69, 9.17) is 18.7 Å². The zero-order valence-electron chi connectivity index (χ0n) is 23.7. The molecular formula is C28H40N4O7S. The molecule has 4 heterocycles. The topological polar surface area (TPSA) is 115 Å². The summed E-state index contributed by atoms with van der Waals surface area (Å²) in [7, 11) is -2.17. The highest BCUT2D eigenvalue weighted by molar-refractivity contribution is 7.89. The molecule has 2 aromatic rings. The van der Waals surface area contributed by atoms with E-state index in [1.807, 2.05) is 0 Å². The Morgan fingerprint density at radius 1 is 1.10 bits per heavy atom. The molecule has 0 aliphatic carbocycles. The summed E-state index contributed by atoms with van der Waals surface area (Å²) in [5.74, 6) is 1.37. The van der Waals surface area contributed by atoms with Crippen molar-refractivity contribution in [2.45, 2.75) is 63.6 Å². The van der Waals surface area contributed by atoms with Gasteiger partial charge in [0.25, 0.3) is 0 Å². The van der Waals surface area contributed by atoms with Crippen molar-refractivity contribution in [1.29, 1.82) is 0 Å². The number of morpholine rings is 1. The van der Waals surface area contributed by atoms with E-state index in [2.05, 4.69) is 10.1 Å². The number of methoxy groups -OCH3 is 1. The number of piperidine rings is 1. The summed E-state index contributed by atoms with van der Waals surface area (Å²) in [5.41, 5.74) is 3.18. The number of amides is 1. The van der Waals surface area contributed by atoms with Gasteiger partial charge in [-0.1, -0.05) is 11.6 Å². The number of aryl methyl sites for hydroxylation is 2. The molecule has 0 saturated carbocycles. The zero-order valence-corrected chi connectivity index (χ0v) is 24.5. The van der Waals surface area contributed by atoms with Crippen LogP contribution in [0, 0.1) is 13.8 Å². The van der Waals surface area contributed by atoms with Gasteiger partial charge in [-0.3, -0.25) is 9.69 Å². The molecule has 0 spiro atoms. The average molecular weight is 577 g/mol. The molecule has 1 aromatic heterocycles. The van der Waals surface area contributed by atoms with Crippen LogP contribution in [0.1, 0.15) is 47.4 Å². The van der Waals surface area contributed by atoms with Crippen LogP contribution in [0.25, 0.3) is 0 Å². The van der Waals surface area contributed by atoms with Gasteiger partial charge in [-0.2, -0.15) is 4.31 Å². The Kier molecular flexibility index (Phi) is 9.11. The molecule has 0 radical (unpaired) electrons. The van der Waals surface area contributed by atoms with Gasteiger partial charge >= 0.3 is 0 Å². The van der Waals surface area contributed by atoms with Crippen molar-refractivity contribution < 1.29 is 31.9 Å². The SMILES string of the molecule is COc1cc(C)c(S(=O)(=O)N2CCCCC2COCC(=O)N2CCc3onc(CN4CCOCC4)c3C2)c(C)c1. The minimum atomic E-state index is -3.74. The summed E-state index contributed by atoms with van der Waals surface area (Å²) in [6.07, 6.45) is 3.03. The van der Waals surface area contributed by atoms with Gasteiger partial charge in [-0.25, -0.2) is 8.42 Å². The number of aromatic nitrogens is 1. The molecule has 12 heteroatoms. The standard InChI is InChI=1S/C28H40N4O7S/c1-20-14-23(36-3)15-21(2)28(20)40(34,35)32-8-5-4-6-22(32)18-38-19-27(33)31-9-7-26-24(16-31)25(29-39-26)17-30-10-12-37-13-11-30/h14-15,22H,4-13,16-19H2,1-3H3. The second kappa shape index (κ2) is 12.6. The second-order valence-corrected chi connectivity index (χ2v) is 12.7. The Labute approximate surface area is 236 Å². The molecule has 5 rings (SSSR count). The van der Waals surface area contributed by atoms with Crippen molar-refractivity contribution in [3.8, 4) is 5.75 Å². The van der Waals surface area contributed by atoms with Gasteiger partial charge < -0.3 is 23.6 Å². The number of fused-ring (bicyclic) bond motifs is 1. The Morgan fingerprint density at radius 2 is 1.85 bits per heavy atom. The Morgan fingerprint density at radius 3 is 2.58 bits per heavy atom. The van der Waals surface area contributed by atoms with Crippen LogP contribution >= 0.6 is 0 Å². The lowest BCUT2D eigenvalue weighted by Crippen LogP contribution is -2.47. The number of hydrogen-bond donors (Lipinski definition) is 0. The molecule has 0 bridgehead atoms.